The SMILES string of the molecule is COCC1CCN(S(=O)(=O)c2ccc3c(c2)CNC3)C1. The molecule has 0 spiro atoms. The van der Waals surface area contributed by atoms with Crippen LogP contribution in [0.1, 0.15) is 17.5 Å². The fraction of sp³-hybridized carbons (Fsp3) is 0.571. The lowest BCUT2D eigenvalue weighted by Crippen LogP contribution is -2.29. The molecule has 1 saturated heterocycles. The maximum absolute atomic E-state index is 12.6. The third-order valence-electron chi connectivity index (χ3n) is 4.10. The molecule has 2 aliphatic rings. The van der Waals surface area contributed by atoms with E-state index < -0.39 is 10.0 Å². The average Bonchev–Trinajstić information content (AvgIpc) is 3.06. The number of hydrogen-bond donors (Lipinski definition) is 1. The van der Waals surface area contributed by atoms with Crippen LogP contribution in [0.15, 0.2) is 23.1 Å². The van der Waals surface area contributed by atoms with Gasteiger partial charge in [0.2, 0.25) is 10.0 Å². The first kappa shape index (κ1) is 14.0. The number of hydrogen-bond acceptors (Lipinski definition) is 4. The van der Waals surface area contributed by atoms with E-state index >= 15 is 0 Å². The van der Waals surface area contributed by atoms with E-state index in [1.54, 1.807) is 17.5 Å². The minimum atomic E-state index is -3.36. The van der Waals surface area contributed by atoms with Crippen LogP contribution in [0.5, 0.6) is 0 Å². The highest BCUT2D eigenvalue weighted by molar-refractivity contribution is 7.89. The Hall–Kier alpha value is -0.950. The first-order valence-corrected chi connectivity index (χ1v) is 8.37. The van der Waals surface area contributed by atoms with Crippen LogP contribution in [0.3, 0.4) is 0 Å². The first-order chi connectivity index (χ1) is 9.61. The van der Waals surface area contributed by atoms with Gasteiger partial charge in [-0.3, -0.25) is 0 Å². The second-order valence-corrected chi connectivity index (χ2v) is 7.45. The first-order valence-electron chi connectivity index (χ1n) is 6.93. The fourth-order valence-corrected chi connectivity index (χ4v) is 4.55. The van der Waals surface area contributed by atoms with Crippen molar-refractivity contribution in [3.63, 3.8) is 0 Å². The molecule has 5 nitrogen and oxygen atoms in total. The molecule has 20 heavy (non-hydrogen) atoms. The summed E-state index contributed by atoms with van der Waals surface area (Å²) >= 11 is 0. The number of methoxy groups -OCH3 is 1. The minimum Gasteiger partial charge on any atom is -0.384 e. The largest absolute Gasteiger partial charge is 0.384 e. The molecular formula is C14H20N2O3S. The summed E-state index contributed by atoms with van der Waals surface area (Å²) in [5.41, 5.74) is 2.29. The molecule has 2 heterocycles. The molecule has 0 aromatic heterocycles. The molecule has 0 amide bonds. The fourth-order valence-electron chi connectivity index (χ4n) is 2.97. The molecule has 1 N–H and O–H groups in total. The van der Waals surface area contributed by atoms with Crippen molar-refractivity contribution in [3.05, 3.63) is 29.3 Å². The number of ether oxygens (including phenoxy) is 1. The van der Waals surface area contributed by atoms with Gasteiger partial charge in [0.15, 0.2) is 0 Å². The Morgan fingerprint density at radius 2 is 2.15 bits per heavy atom. The van der Waals surface area contributed by atoms with Gasteiger partial charge in [-0.15, -0.1) is 0 Å². The number of sulfonamides is 1. The van der Waals surface area contributed by atoms with Crippen molar-refractivity contribution in [2.75, 3.05) is 26.8 Å². The molecule has 2 aliphatic heterocycles. The zero-order chi connectivity index (χ0) is 14.2. The lowest BCUT2D eigenvalue weighted by Gasteiger charge is -2.17. The van der Waals surface area contributed by atoms with E-state index in [1.807, 2.05) is 12.1 Å². The molecule has 0 saturated carbocycles. The van der Waals surface area contributed by atoms with Crippen molar-refractivity contribution in [2.24, 2.45) is 5.92 Å². The van der Waals surface area contributed by atoms with Crippen molar-refractivity contribution >= 4 is 10.0 Å². The second kappa shape index (κ2) is 5.44. The third-order valence-corrected chi connectivity index (χ3v) is 5.96. The van der Waals surface area contributed by atoms with Gasteiger partial charge >= 0.3 is 0 Å². The van der Waals surface area contributed by atoms with Crippen molar-refractivity contribution in [1.82, 2.24) is 9.62 Å². The Morgan fingerprint density at radius 1 is 1.35 bits per heavy atom. The van der Waals surface area contributed by atoms with Crippen LogP contribution in [-0.4, -0.2) is 39.5 Å². The molecule has 1 aromatic rings. The average molecular weight is 296 g/mol. The standard InChI is InChI=1S/C14H20N2O3S/c1-19-10-11-4-5-16(9-11)20(17,18)14-3-2-12-7-15-8-13(12)6-14/h2-3,6,11,15H,4-5,7-10H2,1H3. The molecule has 1 aromatic carbocycles. The molecule has 1 atom stereocenters. The van der Waals surface area contributed by atoms with E-state index in [0.29, 0.717) is 30.5 Å². The maximum Gasteiger partial charge on any atom is 0.243 e. The minimum absolute atomic E-state index is 0.311. The molecule has 3 rings (SSSR count). The zero-order valence-electron chi connectivity index (χ0n) is 11.6. The van der Waals surface area contributed by atoms with Crippen LogP contribution in [0, 0.1) is 5.92 Å². The van der Waals surface area contributed by atoms with Gasteiger partial charge in [-0.25, -0.2) is 8.42 Å². The Morgan fingerprint density at radius 3 is 2.95 bits per heavy atom. The van der Waals surface area contributed by atoms with E-state index in [9.17, 15) is 8.42 Å². The van der Waals surface area contributed by atoms with Crippen LogP contribution in [-0.2, 0) is 27.8 Å². The Kier molecular flexibility index (Phi) is 3.81. The monoisotopic (exact) mass is 296 g/mol. The highest BCUT2D eigenvalue weighted by Gasteiger charge is 2.32. The van der Waals surface area contributed by atoms with Gasteiger partial charge in [0.1, 0.15) is 0 Å². The lowest BCUT2D eigenvalue weighted by atomic mass is 10.1. The third kappa shape index (κ3) is 2.48. The van der Waals surface area contributed by atoms with Gasteiger partial charge < -0.3 is 10.1 Å². The van der Waals surface area contributed by atoms with Crippen LogP contribution in [0.4, 0.5) is 0 Å². The summed E-state index contributed by atoms with van der Waals surface area (Å²) in [4.78, 5) is 0.415. The van der Waals surface area contributed by atoms with E-state index in [0.717, 1.165) is 25.1 Å². The van der Waals surface area contributed by atoms with Gasteiger partial charge in [0.05, 0.1) is 11.5 Å². The second-order valence-electron chi connectivity index (χ2n) is 5.51. The summed E-state index contributed by atoms with van der Waals surface area (Å²) in [5, 5.41) is 3.23. The predicted octanol–water partition coefficient (Wildman–Crippen LogP) is 0.947. The molecule has 110 valence electrons. The maximum atomic E-state index is 12.6. The Labute approximate surface area is 120 Å². The molecule has 0 radical (unpaired) electrons. The summed E-state index contributed by atoms with van der Waals surface area (Å²) < 4.78 is 32.0. The lowest BCUT2D eigenvalue weighted by molar-refractivity contribution is 0.157. The molecule has 0 bridgehead atoms. The highest BCUT2D eigenvalue weighted by atomic mass is 32.2. The molecule has 1 fully saturated rings. The summed E-state index contributed by atoms with van der Waals surface area (Å²) in [6.45, 7) is 3.36. The van der Waals surface area contributed by atoms with Crippen molar-refractivity contribution in [3.8, 4) is 0 Å². The Balaban J connectivity index is 1.82. The zero-order valence-corrected chi connectivity index (χ0v) is 12.4. The number of nitrogens with one attached hydrogen (secondary N) is 1. The number of fused-ring (bicyclic) bond motifs is 1. The van der Waals surface area contributed by atoms with Crippen LogP contribution in [0.25, 0.3) is 0 Å². The highest BCUT2D eigenvalue weighted by Crippen LogP contribution is 2.27. The van der Waals surface area contributed by atoms with Crippen LogP contribution >= 0.6 is 0 Å². The quantitative estimate of drug-likeness (QED) is 0.898. The van der Waals surface area contributed by atoms with E-state index in [4.69, 9.17) is 4.74 Å². The van der Waals surface area contributed by atoms with Gasteiger partial charge in [-0.05, 0) is 35.6 Å². The summed E-state index contributed by atoms with van der Waals surface area (Å²) in [5.74, 6) is 0.311. The normalized spacial score (nSPS) is 23.1. The van der Waals surface area contributed by atoms with E-state index in [1.165, 1.54) is 5.56 Å². The topological polar surface area (TPSA) is 58.6 Å². The van der Waals surface area contributed by atoms with Crippen LogP contribution < -0.4 is 5.32 Å². The van der Waals surface area contributed by atoms with E-state index in [2.05, 4.69) is 5.32 Å². The number of benzene rings is 1. The van der Waals surface area contributed by atoms with Gasteiger partial charge in [-0.2, -0.15) is 4.31 Å². The van der Waals surface area contributed by atoms with Crippen molar-refractivity contribution in [2.45, 2.75) is 24.4 Å². The number of rotatable bonds is 4. The van der Waals surface area contributed by atoms with Crippen LogP contribution in [0.2, 0.25) is 0 Å². The van der Waals surface area contributed by atoms with Gasteiger partial charge in [-0.1, -0.05) is 6.07 Å². The van der Waals surface area contributed by atoms with E-state index in [-0.39, 0.29) is 0 Å². The molecular weight excluding hydrogens is 276 g/mol. The summed E-state index contributed by atoms with van der Waals surface area (Å²) in [7, 11) is -1.70. The van der Waals surface area contributed by atoms with Crippen molar-refractivity contribution < 1.29 is 13.2 Å². The Bertz CT molecular complexity index is 600. The molecule has 6 heteroatoms. The molecule has 1 unspecified atom stereocenters. The smallest absolute Gasteiger partial charge is 0.243 e. The van der Waals surface area contributed by atoms with Crippen molar-refractivity contribution in [1.29, 1.82) is 0 Å². The van der Waals surface area contributed by atoms with Gasteiger partial charge in [0.25, 0.3) is 0 Å². The van der Waals surface area contributed by atoms with Gasteiger partial charge in [0, 0.05) is 33.3 Å². The molecule has 0 aliphatic carbocycles. The predicted molar refractivity (Wildman–Crippen MR) is 75.7 cm³/mol. The summed E-state index contributed by atoms with van der Waals surface area (Å²) in [6.07, 6.45) is 0.875. The number of nitrogens with zero attached hydrogens (tertiary/aromatic N) is 1. The summed E-state index contributed by atoms with van der Waals surface area (Å²) in [6, 6.07) is 5.46.